The number of halogens is 1. The van der Waals surface area contributed by atoms with E-state index in [2.05, 4.69) is 5.32 Å². The van der Waals surface area contributed by atoms with Gasteiger partial charge in [0.15, 0.2) is 0 Å². The number of sulfonamides is 1. The van der Waals surface area contributed by atoms with E-state index in [1.165, 1.54) is 24.3 Å². The fraction of sp³-hybridized carbons (Fsp3) is 0.240. The number of carbonyl (C=O) groups excluding carboxylic acids is 1. The minimum absolute atomic E-state index is 0.0566. The van der Waals surface area contributed by atoms with Gasteiger partial charge in [0.2, 0.25) is 5.91 Å². The molecule has 1 amide bonds. The number of carbonyl (C=O) groups is 1. The minimum Gasteiger partial charge on any atom is -0.491 e. The number of benzene rings is 3. The molecule has 0 saturated carbocycles. The monoisotopic (exact) mass is 486 g/mol. The summed E-state index contributed by atoms with van der Waals surface area (Å²) in [5.74, 6) is 0.321. The van der Waals surface area contributed by atoms with Crippen LogP contribution in [0.5, 0.6) is 5.75 Å². The third kappa shape index (κ3) is 6.27. The van der Waals surface area contributed by atoms with Gasteiger partial charge in [-0.25, -0.2) is 8.42 Å². The highest BCUT2D eigenvalue weighted by Crippen LogP contribution is 2.27. The Kier molecular flexibility index (Phi) is 8.00. The van der Waals surface area contributed by atoms with Crippen LogP contribution in [0, 0.1) is 20.8 Å². The topological polar surface area (TPSA) is 75.7 Å². The number of aryl methyl sites for hydroxylation is 3. The molecule has 0 radical (unpaired) electrons. The van der Waals surface area contributed by atoms with E-state index in [0.717, 1.165) is 26.7 Å². The van der Waals surface area contributed by atoms with Crippen LogP contribution in [0.2, 0.25) is 5.02 Å². The number of hydrogen-bond acceptors (Lipinski definition) is 4. The molecule has 0 fully saturated rings. The summed E-state index contributed by atoms with van der Waals surface area (Å²) in [6.45, 7) is 5.92. The maximum Gasteiger partial charge on any atom is 0.264 e. The van der Waals surface area contributed by atoms with Gasteiger partial charge in [-0.15, -0.1) is 0 Å². The summed E-state index contributed by atoms with van der Waals surface area (Å²) in [4.78, 5) is 12.8. The summed E-state index contributed by atoms with van der Waals surface area (Å²) in [7, 11) is -3.99. The second-order valence-corrected chi connectivity index (χ2v) is 10.0. The molecule has 0 unspecified atom stereocenters. The van der Waals surface area contributed by atoms with Crippen LogP contribution < -0.4 is 14.4 Å². The van der Waals surface area contributed by atoms with Crippen LogP contribution in [0.4, 0.5) is 5.69 Å². The summed E-state index contributed by atoms with van der Waals surface area (Å²) in [5, 5.41) is 3.17. The van der Waals surface area contributed by atoms with Gasteiger partial charge < -0.3 is 10.1 Å². The molecular formula is C25H27ClN2O4S. The van der Waals surface area contributed by atoms with E-state index in [-0.39, 0.29) is 24.6 Å². The molecule has 33 heavy (non-hydrogen) atoms. The molecule has 0 saturated heterocycles. The molecule has 0 heterocycles. The second kappa shape index (κ2) is 10.7. The summed E-state index contributed by atoms with van der Waals surface area (Å²) >= 11 is 5.92. The Labute approximate surface area is 200 Å². The lowest BCUT2D eigenvalue weighted by molar-refractivity contribution is -0.119. The lowest BCUT2D eigenvalue weighted by Gasteiger charge is -2.25. The van der Waals surface area contributed by atoms with Crippen molar-refractivity contribution >= 4 is 33.2 Å². The Balaban J connectivity index is 1.71. The molecule has 0 aliphatic carbocycles. The number of nitrogens with one attached hydrogen (secondary N) is 1. The highest BCUT2D eigenvalue weighted by Gasteiger charge is 2.28. The first kappa shape index (κ1) is 24.6. The van der Waals surface area contributed by atoms with Gasteiger partial charge >= 0.3 is 0 Å². The molecule has 3 rings (SSSR count). The van der Waals surface area contributed by atoms with E-state index < -0.39 is 15.9 Å². The molecule has 0 spiro atoms. The van der Waals surface area contributed by atoms with Crippen LogP contribution in [0.1, 0.15) is 16.7 Å². The Bertz CT molecular complexity index is 1230. The maximum atomic E-state index is 13.4. The smallest absolute Gasteiger partial charge is 0.264 e. The van der Waals surface area contributed by atoms with E-state index in [9.17, 15) is 13.2 Å². The van der Waals surface area contributed by atoms with Crippen LogP contribution in [-0.2, 0) is 14.8 Å². The molecule has 1 N–H and O–H groups in total. The Morgan fingerprint density at radius 1 is 0.970 bits per heavy atom. The zero-order valence-corrected chi connectivity index (χ0v) is 20.4. The third-order valence-corrected chi connectivity index (χ3v) is 7.11. The molecule has 0 aliphatic rings. The van der Waals surface area contributed by atoms with Gasteiger partial charge in [-0.2, -0.15) is 0 Å². The number of rotatable bonds is 9. The summed E-state index contributed by atoms with van der Waals surface area (Å²) in [5.41, 5.74) is 3.34. The molecule has 3 aromatic carbocycles. The fourth-order valence-electron chi connectivity index (χ4n) is 3.38. The van der Waals surface area contributed by atoms with E-state index in [1.807, 2.05) is 38.1 Å². The number of para-hydroxylation sites is 1. The van der Waals surface area contributed by atoms with Crippen molar-refractivity contribution in [3.63, 3.8) is 0 Å². The predicted molar refractivity (Wildman–Crippen MR) is 132 cm³/mol. The van der Waals surface area contributed by atoms with E-state index in [1.54, 1.807) is 25.1 Å². The first-order valence-electron chi connectivity index (χ1n) is 10.5. The lowest BCUT2D eigenvalue weighted by Crippen LogP contribution is -2.42. The summed E-state index contributed by atoms with van der Waals surface area (Å²) in [6, 6.07) is 18.8. The van der Waals surface area contributed by atoms with Gasteiger partial charge in [0.25, 0.3) is 10.0 Å². The number of amides is 1. The molecule has 3 aromatic rings. The zero-order valence-electron chi connectivity index (χ0n) is 18.8. The van der Waals surface area contributed by atoms with Crippen LogP contribution in [-0.4, -0.2) is 34.0 Å². The van der Waals surface area contributed by atoms with Crippen molar-refractivity contribution in [1.29, 1.82) is 0 Å². The molecule has 174 valence electrons. The zero-order chi connectivity index (χ0) is 24.0. The maximum absolute atomic E-state index is 13.4. The van der Waals surface area contributed by atoms with Crippen molar-refractivity contribution in [1.82, 2.24) is 5.32 Å². The Morgan fingerprint density at radius 2 is 1.67 bits per heavy atom. The molecule has 6 nitrogen and oxygen atoms in total. The standard InChI is InChI=1S/C25H27ClN2O4S/c1-18-8-13-24(20(3)16-18)32-15-14-27-25(29)17-28(23-7-5-4-6-19(23)2)33(30,31)22-11-9-21(26)10-12-22/h4-13,16H,14-15,17H2,1-3H3,(H,27,29). The fourth-order valence-corrected chi connectivity index (χ4v) is 4.99. The molecule has 0 bridgehead atoms. The van der Waals surface area contributed by atoms with E-state index in [0.29, 0.717) is 10.7 Å². The summed E-state index contributed by atoms with van der Waals surface area (Å²) in [6.07, 6.45) is 0. The molecule has 8 heteroatoms. The van der Waals surface area contributed by atoms with Crippen molar-refractivity contribution in [3.8, 4) is 5.75 Å². The van der Waals surface area contributed by atoms with Crippen LogP contribution in [0.15, 0.2) is 71.6 Å². The van der Waals surface area contributed by atoms with Gasteiger partial charge in [0.1, 0.15) is 18.9 Å². The van der Waals surface area contributed by atoms with Gasteiger partial charge in [0.05, 0.1) is 17.1 Å². The normalized spacial score (nSPS) is 11.2. The molecule has 0 aliphatic heterocycles. The average molecular weight is 487 g/mol. The van der Waals surface area contributed by atoms with Crippen LogP contribution in [0.25, 0.3) is 0 Å². The first-order chi connectivity index (χ1) is 15.7. The van der Waals surface area contributed by atoms with Crippen LogP contribution in [0.3, 0.4) is 0 Å². The molecule has 0 atom stereocenters. The lowest BCUT2D eigenvalue weighted by atomic mass is 10.1. The highest BCUT2D eigenvalue weighted by molar-refractivity contribution is 7.92. The molecule has 0 aromatic heterocycles. The number of nitrogens with zero attached hydrogens (tertiary/aromatic N) is 1. The van der Waals surface area contributed by atoms with E-state index in [4.69, 9.17) is 16.3 Å². The predicted octanol–water partition coefficient (Wildman–Crippen LogP) is 4.66. The Morgan fingerprint density at radius 3 is 2.33 bits per heavy atom. The average Bonchev–Trinajstić information content (AvgIpc) is 2.77. The van der Waals surface area contributed by atoms with E-state index >= 15 is 0 Å². The van der Waals surface area contributed by atoms with Gasteiger partial charge in [0, 0.05) is 5.02 Å². The van der Waals surface area contributed by atoms with Crippen LogP contribution >= 0.6 is 11.6 Å². The van der Waals surface area contributed by atoms with Gasteiger partial charge in [-0.05, 0) is 68.3 Å². The largest absolute Gasteiger partial charge is 0.491 e. The number of ether oxygens (including phenoxy) is 1. The van der Waals surface area contributed by atoms with Crippen molar-refractivity contribution in [2.24, 2.45) is 0 Å². The first-order valence-corrected chi connectivity index (χ1v) is 12.3. The van der Waals surface area contributed by atoms with Crippen molar-refractivity contribution in [2.45, 2.75) is 25.7 Å². The number of anilines is 1. The Hall–Kier alpha value is -3.03. The summed E-state index contributed by atoms with van der Waals surface area (Å²) < 4.78 is 33.6. The second-order valence-electron chi connectivity index (χ2n) is 7.72. The SMILES string of the molecule is Cc1ccc(OCCNC(=O)CN(c2ccccc2C)S(=O)(=O)c2ccc(Cl)cc2)c(C)c1. The minimum atomic E-state index is -3.99. The van der Waals surface area contributed by atoms with Gasteiger partial charge in [-0.1, -0.05) is 47.5 Å². The molecular weight excluding hydrogens is 460 g/mol. The van der Waals surface area contributed by atoms with Crippen molar-refractivity contribution < 1.29 is 17.9 Å². The quantitative estimate of drug-likeness (QED) is 0.446. The number of hydrogen-bond donors (Lipinski definition) is 1. The van der Waals surface area contributed by atoms with Gasteiger partial charge in [-0.3, -0.25) is 9.10 Å². The van der Waals surface area contributed by atoms with Crippen molar-refractivity contribution in [3.05, 3.63) is 88.4 Å². The highest BCUT2D eigenvalue weighted by atomic mass is 35.5. The third-order valence-electron chi connectivity index (χ3n) is 5.09. The van der Waals surface area contributed by atoms with Crippen molar-refractivity contribution in [2.75, 3.05) is 24.0 Å².